The molecule has 4 heteroatoms. The first-order chi connectivity index (χ1) is 10.8. The highest BCUT2D eigenvalue weighted by molar-refractivity contribution is 5.94. The zero-order chi connectivity index (χ0) is 14.7. The van der Waals surface area contributed by atoms with Gasteiger partial charge in [0.1, 0.15) is 0 Å². The van der Waals surface area contributed by atoms with E-state index >= 15 is 0 Å². The van der Waals surface area contributed by atoms with Gasteiger partial charge in [-0.3, -0.25) is 4.79 Å². The smallest absolute Gasteiger partial charge is 0.251 e. The fourth-order valence-corrected chi connectivity index (χ4v) is 5.92. The van der Waals surface area contributed by atoms with Crippen LogP contribution in [0.1, 0.15) is 53.6 Å². The van der Waals surface area contributed by atoms with Gasteiger partial charge in [0, 0.05) is 24.7 Å². The van der Waals surface area contributed by atoms with Crippen LogP contribution in [0.4, 0.5) is 0 Å². The number of carbonyl (C=O) groups is 1. The van der Waals surface area contributed by atoms with E-state index < -0.39 is 0 Å². The van der Waals surface area contributed by atoms with Gasteiger partial charge in [-0.2, -0.15) is 0 Å². The lowest BCUT2D eigenvalue weighted by molar-refractivity contribution is 0.0901. The van der Waals surface area contributed by atoms with Crippen molar-refractivity contribution in [2.45, 2.75) is 51.2 Å². The molecule has 5 rings (SSSR count). The first-order valence-corrected chi connectivity index (χ1v) is 8.93. The molecular weight excluding hydrogens is 308 g/mol. The first kappa shape index (κ1) is 15.5. The molecule has 0 radical (unpaired) electrons. The summed E-state index contributed by atoms with van der Waals surface area (Å²) in [5.41, 5.74) is 3.47. The first-order valence-electron chi connectivity index (χ1n) is 8.93. The van der Waals surface area contributed by atoms with Crippen LogP contribution in [0.3, 0.4) is 0 Å². The summed E-state index contributed by atoms with van der Waals surface area (Å²) in [4.78, 5) is 12.6. The molecular formula is C19H25ClN2O. The summed E-state index contributed by atoms with van der Waals surface area (Å²) in [5.74, 6) is 3.70. The summed E-state index contributed by atoms with van der Waals surface area (Å²) >= 11 is 0. The molecule has 1 amide bonds. The van der Waals surface area contributed by atoms with E-state index in [9.17, 15) is 4.79 Å². The summed E-state index contributed by atoms with van der Waals surface area (Å²) in [5, 5.41) is 6.71. The minimum absolute atomic E-state index is 0. The normalized spacial score (nSPS) is 36.4. The Hall–Kier alpha value is -1.06. The molecule has 0 saturated heterocycles. The Labute approximate surface area is 144 Å². The SMILES string of the molecule is Cl.O=C(NC1CC2CC1C1CCCC21)c1ccc2c(c1)CNC2. The third-order valence-electron chi connectivity index (χ3n) is 6.84. The third-order valence-corrected chi connectivity index (χ3v) is 6.84. The van der Waals surface area contributed by atoms with Crippen LogP contribution >= 0.6 is 12.4 Å². The summed E-state index contributed by atoms with van der Waals surface area (Å²) in [6.45, 7) is 1.83. The van der Waals surface area contributed by atoms with Gasteiger partial charge in [-0.1, -0.05) is 12.5 Å². The molecule has 3 saturated carbocycles. The van der Waals surface area contributed by atoms with E-state index in [1.54, 1.807) is 0 Å². The van der Waals surface area contributed by atoms with Gasteiger partial charge in [-0.05, 0) is 72.6 Å². The van der Waals surface area contributed by atoms with Crippen molar-refractivity contribution in [1.82, 2.24) is 10.6 Å². The number of hydrogen-bond acceptors (Lipinski definition) is 2. The summed E-state index contributed by atoms with van der Waals surface area (Å²) in [7, 11) is 0. The minimum atomic E-state index is 0. The topological polar surface area (TPSA) is 41.1 Å². The highest BCUT2D eigenvalue weighted by Crippen LogP contribution is 2.58. The van der Waals surface area contributed by atoms with Gasteiger partial charge >= 0.3 is 0 Å². The average molecular weight is 333 g/mol. The molecule has 3 fully saturated rings. The molecule has 1 aliphatic heterocycles. The van der Waals surface area contributed by atoms with Gasteiger partial charge in [0.05, 0.1) is 0 Å². The monoisotopic (exact) mass is 332 g/mol. The molecule has 2 bridgehead atoms. The number of amides is 1. The average Bonchev–Trinajstić information content (AvgIpc) is 3.27. The van der Waals surface area contributed by atoms with Crippen molar-refractivity contribution in [3.05, 3.63) is 34.9 Å². The third kappa shape index (κ3) is 2.40. The Kier molecular flexibility index (Phi) is 3.89. The van der Waals surface area contributed by atoms with Gasteiger partial charge in [0.2, 0.25) is 0 Å². The summed E-state index contributed by atoms with van der Waals surface area (Å²) in [6, 6.07) is 6.62. The van der Waals surface area contributed by atoms with E-state index in [4.69, 9.17) is 0 Å². The Balaban J connectivity index is 0.00000135. The maximum Gasteiger partial charge on any atom is 0.251 e. The van der Waals surface area contributed by atoms with E-state index in [2.05, 4.69) is 22.8 Å². The molecule has 1 aromatic carbocycles. The van der Waals surface area contributed by atoms with Gasteiger partial charge in [-0.25, -0.2) is 0 Å². The van der Waals surface area contributed by atoms with E-state index in [0.717, 1.165) is 42.3 Å². The molecule has 23 heavy (non-hydrogen) atoms. The lowest BCUT2D eigenvalue weighted by atomic mass is 9.79. The lowest BCUT2D eigenvalue weighted by Gasteiger charge is -2.32. The van der Waals surface area contributed by atoms with Crippen molar-refractivity contribution in [3.8, 4) is 0 Å². The maximum atomic E-state index is 12.6. The van der Waals surface area contributed by atoms with Gasteiger partial charge < -0.3 is 10.6 Å². The van der Waals surface area contributed by atoms with Crippen LogP contribution < -0.4 is 10.6 Å². The lowest BCUT2D eigenvalue weighted by Crippen LogP contribution is -2.42. The van der Waals surface area contributed by atoms with Gasteiger partial charge in [0.15, 0.2) is 0 Å². The van der Waals surface area contributed by atoms with Crippen molar-refractivity contribution in [3.63, 3.8) is 0 Å². The standard InChI is InChI=1S/C19H24N2O.ClH/c22-19(11-4-5-12-9-20-10-14(12)6-11)21-18-8-13-7-17(18)16-3-1-2-15(13)16;/h4-6,13,15-18,20H,1-3,7-10H2,(H,21,22);1H. The highest BCUT2D eigenvalue weighted by atomic mass is 35.5. The number of benzene rings is 1. The number of halogens is 1. The van der Waals surface area contributed by atoms with Crippen molar-refractivity contribution in [2.75, 3.05) is 0 Å². The quantitative estimate of drug-likeness (QED) is 0.872. The predicted octanol–water partition coefficient (Wildman–Crippen LogP) is 3.27. The number of fused-ring (bicyclic) bond motifs is 6. The van der Waals surface area contributed by atoms with Crippen LogP contribution in [0, 0.1) is 23.7 Å². The Morgan fingerprint density at radius 3 is 2.78 bits per heavy atom. The van der Waals surface area contributed by atoms with Crippen molar-refractivity contribution in [1.29, 1.82) is 0 Å². The fraction of sp³-hybridized carbons (Fsp3) is 0.632. The van der Waals surface area contributed by atoms with E-state index in [1.807, 2.05) is 6.07 Å². The largest absolute Gasteiger partial charge is 0.349 e. The molecule has 0 spiro atoms. The second kappa shape index (κ2) is 5.78. The molecule has 1 heterocycles. The Morgan fingerprint density at radius 2 is 1.87 bits per heavy atom. The maximum absolute atomic E-state index is 12.6. The van der Waals surface area contributed by atoms with Crippen LogP contribution in [-0.2, 0) is 13.1 Å². The number of carbonyl (C=O) groups excluding carboxylic acids is 1. The predicted molar refractivity (Wildman–Crippen MR) is 92.5 cm³/mol. The molecule has 5 unspecified atom stereocenters. The Morgan fingerprint density at radius 1 is 1.04 bits per heavy atom. The molecule has 5 atom stereocenters. The number of nitrogens with one attached hydrogen (secondary N) is 2. The van der Waals surface area contributed by atoms with Crippen LogP contribution in [0.5, 0.6) is 0 Å². The number of hydrogen-bond donors (Lipinski definition) is 2. The second-order valence-corrected chi connectivity index (χ2v) is 7.82. The molecule has 2 N–H and O–H groups in total. The summed E-state index contributed by atoms with van der Waals surface area (Å²) in [6.07, 6.45) is 6.87. The summed E-state index contributed by atoms with van der Waals surface area (Å²) < 4.78 is 0. The zero-order valence-electron chi connectivity index (χ0n) is 13.4. The van der Waals surface area contributed by atoms with Gasteiger partial charge in [-0.15, -0.1) is 12.4 Å². The molecule has 3 nitrogen and oxygen atoms in total. The van der Waals surface area contributed by atoms with Crippen LogP contribution in [0.15, 0.2) is 18.2 Å². The second-order valence-electron chi connectivity index (χ2n) is 7.82. The van der Waals surface area contributed by atoms with Crippen LogP contribution in [0.2, 0.25) is 0 Å². The van der Waals surface area contributed by atoms with E-state index in [1.165, 1.54) is 43.2 Å². The molecule has 0 aromatic heterocycles. The van der Waals surface area contributed by atoms with Gasteiger partial charge in [0.25, 0.3) is 5.91 Å². The van der Waals surface area contributed by atoms with E-state index in [0.29, 0.717) is 6.04 Å². The van der Waals surface area contributed by atoms with E-state index in [-0.39, 0.29) is 18.3 Å². The highest BCUT2D eigenvalue weighted by Gasteiger charge is 2.54. The minimum Gasteiger partial charge on any atom is -0.349 e. The molecule has 3 aliphatic carbocycles. The van der Waals surface area contributed by atoms with Crippen molar-refractivity contribution in [2.24, 2.45) is 23.7 Å². The molecule has 4 aliphatic rings. The molecule has 124 valence electrons. The van der Waals surface area contributed by atoms with Crippen LogP contribution in [0.25, 0.3) is 0 Å². The van der Waals surface area contributed by atoms with Crippen molar-refractivity contribution >= 4 is 18.3 Å². The fourth-order valence-electron chi connectivity index (χ4n) is 5.92. The van der Waals surface area contributed by atoms with Crippen LogP contribution in [-0.4, -0.2) is 11.9 Å². The van der Waals surface area contributed by atoms with Crippen molar-refractivity contribution < 1.29 is 4.79 Å². The zero-order valence-corrected chi connectivity index (χ0v) is 14.2. The number of rotatable bonds is 2. The molecule has 1 aromatic rings. The Bertz CT molecular complexity index is 632.